The molecule has 0 aliphatic carbocycles. The van der Waals surface area contributed by atoms with Gasteiger partial charge >= 0.3 is 5.63 Å². The number of aromatic nitrogens is 1. The quantitative estimate of drug-likeness (QED) is 0.317. The molecule has 6 heteroatoms. The molecule has 0 aliphatic rings. The molecule has 142 valence electrons. The maximum absolute atomic E-state index is 13.2. The van der Waals surface area contributed by atoms with Crippen LogP contribution in [0.4, 0.5) is 5.69 Å². The normalized spacial score (nSPS) is 11.4. The largest absolute Gasteiger partial charge is 0.419 e. The van der Waals surface area contributed by atoms with Crippen LogP contribution < -0.4 is 11.1 Å². The molecule has 4 rings (SSSR count). The van der Waals surface area contributed by atoms with Crippen molar-refractivity contribution in [1.82, 2.24) is 4.98 Å². The van der Waals surface area contributed by atoms with Gasteiger partial charge in [-0.2, -0.15) is 5.10 Å². The van der Waals surface area contributed by atoms with Crippen LogP contribution in [0.1, 0.15) is 21.6 Å². The molecule has 0 amide bonds. The lowest BCUT2D eigenvalue weighted by Gasteiger charge is -2.07. The zero-order valence-corrected chi connectivity index (χ0v) is 15.6. The summed E-state index contributed by atoms with van der Waals surface area (Å²) < 4.78 is 5.35. The van der Waals surface area contributed by atoms with Crippen LogP contribution in [0.2, 0.25) is 0 Å². The number of hydrogen-bond donors (Lipinski definition) is 1. The lowest BCUT2D eigenvalue weighted by atomic mass is 10.0. The van der Waals surface area contributed by atoms with Crippen LogP contribution in [0, 0.1) is 6.92 Å². The number of benzene rings is 3. The number of ketones is 1. The Morgan fingerprint density at radius 3 is 2.38 bits per heavy atom. The van der Waals surface area contributed by atoms with E-state index in [1.807, 2.05) is 37.3 Å². The number of aryl methyl sites for hydroxylation is 1. The summed E-state index contributed by atoms with van der Waals surface area (Å²) >= 11 is 0. The number of fused-ring (bicyclic) bond motifs is 1. The lowest BCUT2D eigenvalue weighted by Crippen LogP contribution is -2.26. The molecular weight excluding hydrogens is 366 g/mol. The summed E-state index contributed by atoms with van der Waals surface area (Å²) in [5.41, 5.74) is 4.75. The molecule has 0 saturated heterocycles. The van der Waals surface area contributed by atoms with Gasteiger partial charge in [0.2, 0.25) is 5.78 Å². The number of carbonyl (C=O) groups is 1. The van der Waals surface area contributed by atoms with Gasteiger partial charge in [-0.25, -0.2) is 9.78 Å². The summed E-state index contributed by atoms with van der Waals surface area (Å²) in [6.07, 6.45) is 0. The molecule has 4 aromatic rings. The van der Waals surface area contributed by atoms with Crippen molar-refractivity contribution in [2.45, 2.75) is 6.92 Å². The number of Topliss-reactive ketones (excluding diaryl/α,β-unsaturated/α-hetero) is 1. The fraction of sp³-hybridized carbons (Fsp3) is 0.0435. The molecule has 1 aromatic heterocycles. The summed E-state index contributed by atoms with van der Waals surface area (Å²) in [6.45, 7) is 1.93. The third-order valence-corrected chi connectivity index (χ3v) is 4.32. The zero-order valence-electron chi connectivity index (χ0n) is 15.6. The Balaban J connectivity index is 1.83. The maximum atomic E-state index is 13.2. The summed E-state index contributed by atoms with van der Waals surface area (Å²) in [6, 6.07) is 23.1. The fourth-order valence-electron chi connectivity index (χ4n) is 2.79. The van der Waals surface area contributed by atoms with Crippen molar-refractivity contribution in [3.8, 4) is 0 Å². The average Bonchev–Trinajstić information content (AvgIpc) is 2.75. The number of anilines is 1. The van der Waals surface area contributed by atoms with E-state index in [9.17, 15) is 9.59 Å². The number of nitrogens with one attached hydrogen (secondary N) is 1. The Morgan fingerprint density at radius 2 is 1.62 bits per heavy atom. The van der Waals surface area contributed by atoms with E-state index in [-0.39, 0.29) is 11.4 Å². The van der Waals surface area contributed by atoms with Gasteiger partial charge in [-0.1, -0.05) is 60.2 Å². The highest BCUT2D eigenvalue weighted by Crippen LogP contribution is 2.13. The predicted molar refractivity (Wildman–Crippen MR) is 112 cm³/mol. The second kappa shape index (κ2) is 7.90. The molecular formula is C23H17N3O3. The summed E-state index contributed by atoms with van der Waals surface area (Å²) in [5.74, 6) is -0.427. The molecule has 1 heterocycles. The maximum Gasteiger partial charge on any atom is 0.364 e. The first-order valence-electron chi connectivity index (χ1n) is 9.02. The SMILES string of the molecule is Cc1ccc(C(=O)C(=NNc2ccccc2)c2nc3ccccc3oc2=O)cc1. The second-order valence-corrected chi connectivity index (χ2v) is 6.45. The van der Waals surface area contributed by atoms with E-state index in [1.54, 1.807) is 48.5 Å². The average molecular weight is 383 g/mol. The summed E-state index contributed by atoms with van der Waals surface area (Å²) in [4.78, 5) is 30.1. The van der Waals surface area contributed by atoms with Gasteiger partial charge in [0.25, 0.3) is 0 Å². The highest BCUT2D eigenvalue weighted by molar-refractivity contribution is 6.51. The zero-order chi connectivity index (χ0) is 20.2. The molecule has 29 heavy (non-hydrogen) atoms. The van der Waals surface area contributed by atoms with E-state index < -0.39 is 11.4 Å². The van der Waals surface area contributed by atoms with Crippen molar-refractivity contribution >= 4 is 28.3 Å². The molecule has 0 aliphatic heterocycles. The number of hydrogen-bond acceptors (Lipinski definition) is 6. The van der Waals surface area contributed by atoms with Gasteiger partial charge in [-0.15, -0.1) is 0 Å². The van der Waals surface area contributed by atoms with Gasteiger partial charge in [-0.3, -0.25) is 10.2 Å². The highest BCUT2D eigenvalue weighted by atomic mass is 16.4. The third-order valence-electron chi connectivity index (χ3n) is 4.32. The number of rotatable bonds is 5. The smallest absolute Gasteiger partial charge is 0.364 e. The highest BCUT2D eigenvalue weighted by Gasteiger charge is 2.23. The van der Waals surface area contributed by atoms with Crippen LogP contribution in [-0.2, 0) is 0 Å². The van der Waals surface area contributed by atoms with Gasteiger partial charge in [0.1, 0.15) is 5.52 Å². The van der Waals surface area contributed by atoms with E-state index in [0.717, 1.165) is 5.56 Å². The Hall–Kier alpha value is -4.06. The monoisotopic (exact) mass is 383 g/mol. The minimum Gasteiger partial charge on any atom is -0.419 e. The minimum atomic E-state index is -0.724. The molecule has 0 spiro atoms. The topological polar surface area (TPSA) is 84.6 Å². The predicted octanol–water partition coefficient (Wildman–Crippen LogP) is 4.20. The van der Waals surface area contributed by atoms with Gasteiger partial charge in [-0.05, 0) is 31.2 Å². The number of hydrazone groups is 1. The molecule has 3 aromatic carbocycles. The Bertz CT molecular complexity index is 1260. The van der Waals surface area contributed by atoms with Gasteiger partial charge in [0.05, 0.1) is 5.69 Å². The van der Waals surface area contributed by atoms with Crippen LogP contribution in [0.5, 0.6) is 0 Å². The van der Waals surface area contributed by atoms with Gasteiger partial charge in [0.15, 0.2) is 17.0 Å². The first-order chi connectivity index (χ1) is 14.1. The first kappa shape index (κ1) is 18.3. The van der Waals surface area contributed by atoms with Crippen molar-refractivity contribution in [2.24, 2.45) is 5.10 Å². The van der Waals surface area contributed by atoms with Crippen molar-refractivity contribution in [3.63, 3.8) is 0 Å². The number of para-hydroxylation sites is 3. The van der Waals surface area contributed by atoms with Crippen LogP contribution in [0.25, 0.3) is 11.1 Å². The molecule has 0 atom stereocenters. The van der Waals surface area contributed by atoms with E-state index in [0.29, 0.717) is 22.4 Å². The second-order valence-electron chi connectivity index (χ2n) is 6.45. The number of nitrogens with zero attached hydrogens (tertiary/aromatic N) is 2. The Labute approximate surface area is 166 Å². The fourth-order valence-corrected chi connectivity index (χ4v) is 2.79. The molecule has 0 unspecified atom stereocenters. The summed E-state index contributed by atoms with van der Waals surface area (Å²) in [5, 5.41) is 4.23. The van der Waals surface area contributed by atoms with Crippen LogP contribution in [-0.4, -0.2) is 16.5 Å². The van der Waals surface area contributed by atoms with E-state index in [4.69, 9.17) is 4.42 Å². The first-order valence-corrected chi connectivity index (χ1v) is 9.02. The molecule has 0 bridgehead atoms. The van der Waals surface area contributed by atoms with Crippen LogP contribution in [0.15, 0.2) is 93.2 Å². The van der Waals surface area contributed by atoms with E-state index in [2.05, 4.69) is 15.5 Å². The van der Waals surface area contributed by atoms with Crippen molar-refractivity contribution in [1.29, 1.82) is 0 Å². The van der Waals surface area contributed by atoms with E-state index >= 15 is 0 Å². The molecule has 6 nitrogen and oxygen atoms in total. The molecule has 0 radical (unpaired) electrons. The standard InChI is InChI=1S/C23H17N3O3/c1-15-11-13-16(14-12-15)22(27)20(26-25-17-7-3-2-4-8-17)21-23(28)29-19-10-6-5-9-18(19)24-21/h2-14,25H,1H3. The lowest BCUT2D eigenvalue weighted by molar-refractivity contribution is 0.106. The molecule has 1 N–H and O–H groups in total. The van der Waals surface area contributed by atoms with Gasteiger partial charge in [0, 0.05) is 5.56 Å². The van der Waals surface area contributed by atoms with Gasteiger partial charge < -0.3 is 4.42 Å². The summed E-state index contributed by atoms with van der Waals surface area (Å²) in [7, 11) is 0. The molecule has 0 saturated carbocycles. The van der Waals surface area contributed by atoms with Crippen molar-refractivity contribution in [2.75, 3.05) is 5.43 Å². The Morgan fingerprint density at radius 1 is 0.931 bits per heavy atom. The van der Waals surface area contributed by atoms with E-state index in [1.165, 1.54) is 0 Å². The minimum absolute atomic E-state index is 0.114. The third kappa shape index (κ3) is 3.96. The van der Waals surface area contributed by atoms with Crippen LogP contribution >= 0.6 is 0 Å². The Kier molecular flexibility index (Phi) is 4.99. The molecule has 0 fully saturated rings. The van der Waals surface area contributed by atoms with Crippen LogP contribution in [0.3, 0.4) is 0 Å². The van der Waals surface area contributed by atoms with Crippen molar-refractivity contribution in [3.05, 3.63) is 106 Å². The van der Waals surface area contributed by atoms with Crippen molar-refractivity contribution < 1.29 is 9.21 Å². The number of carbonyl (C=O) groups excluding carboxylic acids is 1.